The maximum absolute atomic E-state index is 12.4. The van der Waals surface area contributed by atoms with Gasteiger partial charge in [-0.1, -0.05) is 23.7 Å². The van der Waals surface area contributed by atoms with Gasteiger partial charge in [0.05, 0.1) is 33.8 Å². The summed E-state index contributed by atoms with van der Waals surface area (Å²) in [6.07, 6.45) is 1.11. The molecule has 158 valence electrons. The third-order valence-corrected chi connectivity index (χ3v) is 6.40. The Bertz CT molecular complexity index is 1060. The molecule has 0 aromatic heterocycles. The van der Waals surface area contributed by atoms with Crippen LogP contribution < -0.4 is 5.32 Å². The highest BCUT2D eigenvalue weighted by molar-refractivity contribution is 7.90. The zero-order valence-electron chi connectivity index (χ0n) is 16.6. The third-order valence-electron chi connectivity index (χ3n) is 4.96. The lowest BCUT2D eigenvalue weighted by Gasteiger charge is -2.34. The van der Waals surface area contributed by atoms with Gasteiger partial charge >= 0.3 is 0 Å². The number of amides is 1. The zero-order valence-corrected chi connectivity index (χ0v) is 18.2. The Morgan fingerprint density at radius 2 is 1.73 bits per heavy atom. The molecule has 30 heavy (non-hydrogen) atoms. The normalized spacial score (nSPS) is 15.5. The van der Waals surface area contributed by atoms with Crippen molar-refractivity contribution in [2.45, 2.75) is 11.4 Å². The number of nitrogens with one attached hydrogen (secondary N) is 1. The molecule has 1 aliphatic rings. The van der Waals surface area contributed by atoms with Gasteiger partial charge in [-0.15, -0.1) is 0 Å². The highest BCUT2D eigenvalue weighted by Crippen LogP contribution is 2.25. The first-order valence-electron chi connectivity index (χ1n) is 9.48. The van der Waals surface area contributed by atoms with E-state index in [9.17, 15) is 13.2 Å². The summed E-state index contributed by atoms with van der Waals surface area (Å²) in [4.78, 5) is 16.9. The molecule has 0 unspecified atom stereocenters. The van der Waals surface area contributed by atoms with E-state index in [0.29, 0.717) is 16.3 Å². The molecule has 2 aromatic rings. The summed E-state index contributed by atoms with van der Waals surface area (Å²) < 4.78 is 23.4. The minimum Gasteiger partial charge on any atom is -0.324 e. The van der Waals surface area contributed by atoms with Crippen LogP contribution in [0.4, 0.5) is 5.69 Å². The summed E-state index contributed by atoms with van der Waals surface area (Å²) in [5, 5.41) is 11.9. The van der Waals surface area contributed by atoms with E-state index in [1.54, 1.807) is 0 Å². The highest BCUT2D eigenvalue weighted by Gasteiger charge is 2.20. The van der Waals surface area contributed by atoms with Crippen molar-refractivity contribution in [3.63, 3.8) is 0 Å². The molecule has 0 bridgehead atoms. The van der Waals surface area contributed by atoms with Crippen LogP contribution in [0.5, 0.6) is 0 Å². The molecule has 9 heteroatoms. The van der Waals surface area contributed by atoms with Gasteiger partial charge in [0.2, 0.25) is 5.91 Å². The number of anilines is 1. The fourth-order valence-electron chi connectivity index (χ4n) is 3.27. The molecule has 0 saturated carbocycles. The van der Waals surface area contributed by atoms with Gasteiger partial charge in [-0.2, -0.15) is 5.26 Å². The fraction of sp³-hybridized carbons (Fsp3) is 0.333. The van der Waals surface area contributed by atoms with Gasteiger partial charge in [0.1, 0.15) is 0 Å². The molecule has 1 aliphatic heterocycles. The summed E-state index contributed by atoms with van der Waals surface area (Å²) in [5.74, 6) is -0.233. The molecule has 1 heterocycles. The van der Waals surface area contributed by atoms with Crippen LogP contribution in [-0.2, 0) is 21.2 Å². The second-order valence-electron chi connectivity index (χ2n) is 7.32. The monoisotopic (exact) mass is 446 g/mol. The van der Waals surface area contributed by atoms with Crippen molar-refractivity contribution in [3.8, 4) is 6.07 Å². The van der Waals surface area contributed by atoms with Gasteiger partial charge in [0.15, 0.2) is 9.84 Å². The Hall–Kier alpha value is -2.44. The number of hydrogen-bond donors (Lipinski definition) is 1. The van der Waals surface area contributed by atoms with Crippen LogP contribution in [0.25, 0.3) is 0 Å². The van der Waals surface area contributed by atoms with E-state index < -0.39 is 9.84 Å². The standard InChI is InChI=1S/C21H23ClN4O3S/c1-30(28,29)18-6-7-19(22)20(12-18)24-21(27)15-26-10-8-25(9-11-26)14-17-4-2-16(13-23)3-5-17/h2-7,12H,8-11,14-15H2,1H3,(H,24,27). The van der Waals surface area contributed by atoms with Gasteiger partial charge in [-0.05, 0) is 35.9 Å². The molecule has 3 rings (SSSR count). The Morgan fingerprint density at radius 3 is 2.33 bits per heavy atom. The van der Waals surface area contributed by atoms with Crippen LogP contribution in [0.1, 0.15) is 11.1 Å². The van der Waals surface area contributed by atoms with Crippen LogP contribution in [-0.4, -0.2) is 63.1 Å². The second-order valence-corrected chi connectivity index (χ2v) is 9.75. The number of nitrogens with zero attached hydrogens (tertiary/aromatic N) is 3. The van der Waals surface area contributed by atoms with Gasteiger partial charge < -0.3 is 5.32 Å². The van der Waals surface area contributed by atoms with Crippen molar-refractivity contribution in [1.82, 2.24) is 9.80 Å². The Morgan fingerprint density at radius 1 is 1.10 bits per heavy atom. The molecule has 0 atom stereocenters. The van der Waals surface area contributed by atoms with Gasteiger partial charge in [0, 0.05) is 39.0 Å². The summed E-state index contributed by atoms with van der Waals surface area (Å²) in [7, 11) is -3.38. The number of carbonyl (C=O) groups excluding carboxylic acids is 1. The molecule has 0 aliphatic carbocycles. The molecular formula is C21H23ClN4O3S. The molecule has 1 fully saturated rings. The quantitative estimate of drug-likeness (QED) is 0.732. The minimum atomic E-state index is -3.38. The van der Waals surface area contributed by atoms with Gasteiger partial charge in [-0.3, -0.25) is 14.6 Å². The van der Waals surface area contributed by atoms with Crippen molar-refractivity contribution < 1.29 is 13.2 Å². The van der Waals surface area contributed by atoms with Gasteiger partial charge in [-0.25, -0.2) is 8.42 Å². The van der Waals surface area contributed by atoms with Crippen molar-refractivity contribution in [1.29, 1.82) is 5.26 Å². The Kier molecular flexibility index (Phi) is 7.10. The van der Waals surface area contributed by atoms with Crippen LogP contribution in [0, 0.1) is 11.3 Å². The number of halogens is 1. The van der Waals surface area contributed by atoms with E-state index in [0.717, 1.165) is 44.5 Å². The topological polar surface area (TPSA) is 93.5 Å². The molecule has 0 radical (unpaired) electrons. The number of rotatable bonds is 6. The maximum atomic E-state index is 12.4. The van der Waals surface area contributed by atoms with E-state index in [4.69, 9.17) is 16.9 Å². The molecule has 7 nitrogen and oxygen atoms in total. The smallest absolute Gasteiger partial charge is 0.238 e. The number of piperazine rings is 1. The van der Waals surface area contributed by atoms with Crippen LogP contribution in [0.15, 0.2) is 47.4 Å². The van der Waals surface area contributed by atoms with Crippen molar-refractivity contribution >= 4 is 33.0 Å². The Labute approximate surface area is 181 Å². The van der Waals surface area contributed by atoms with Crippen molar-refractivity contribution in [2.75, 3.05) is 44.3 Å². The predicted molar refractivity (Wildman–Crippen MR) is 116 cm³/mol. The molecule has 1 amide bonds. The first-order chi connectivity index (χ1) is 14.2. The summed E-state index contributed by atoms with van der Waals surface area (Å²) >= 11 is 6.10. The lowest BCUT2D eigenvalue weighted by molar-refractivity contribution is -0.117. The predicted octanol–water partition coefficient (Wildman–Crippen LogP) is 2.37. The summed E-state index contributed by atoms with van der Waals surface area (Å²) in [6.45, 7) is 4.18. The molecular weight excluding hydrogens is 424 g/mol. The summed E-state index contributed by atoms with van der Waals surface area (Å²) in [5.41, 5.74) is 2.10. The summed E-state index contributed by atoms with van der Waals surface area (Å²) in [6, 6.07) is 14.0. The van der Waals surface area contributed by atoms with E-state index in [1.807, 2.05) is 24.3 Å². The van der Waals surface area contributed by atoms with Gasteiger partial charge in [0.25, 0.3) is 0 Å². The third kappa shape index (κ3) is 6.03. The first kappa shape index (κ1) is 22.2. The maximum Gasteiger partial charge on any atom is 0.238 e. The minimum absolute atomic E-state index is 0.110. The average Bonchev–Trinajstić information content (AvgIpc) is 2.71. The lowest BCUT2D eigenvalue weighted by Crippen LogP contribution is -2.48. The number of benzene rings is 2. The lowest BCUT2D eigenvalue weighted by atomic mass is 10.1. The first-order valence-corrected chi connectivity index (χ1v) is 11.7. The largest absolute Gasteiger partial charge is 0.324 e. The van der Waals surface area contributed by atoms with E-state index in [-0.39, 0.29) is 17.3 Å². The number of nitriles is 1. The average molecular weight is 447 g/mol. The van der Waals surface area contributed by atoms with Crippen LogP contribution >= 0.6 is 11.6 Å². The number of carbonyl (C=O) groups is 1. The number of sulfone groups is 1. The molecule has 0 spiro atoms. The van der Waals surface area contributed by atoms with E-state index >= 15 is 0 Å². The van der Waals surface area contributed by atoms with Crippen LogP contribution in [0.2, 0.25) is 5.02 Å². The van der Waals surface area contributed by atoms with E-state index in [1.165, 1.54) is 18.2 Å². The molecule has 1 N–H and O–H groups in total. The number of hydrogen-bond acceptors (Lipinski definition) is 6. The Balaban J connectivity index is 1.50. The fourth-order valence-corrected chi connectivity index (χ4v) is 4.08. The highest BCUT2D eigenvalue weighted by atomic mass is 35.5. The molecule has 1 saturated heterocycles. The SMILES string of the molecule is CS(=O)(=O)c1ccc(Cl)c(NC(=O)CN2CCN(Cc3ccc(C#N)cc3)CC2)c1. The van der Waals surface area contributed by atoms with Crippen LogP contribution in [0.3, 0.4) is 0 Å². The van der Waals surface area contributed by atoms with Crippen molar-refractivity contribution in [2.24, 2.45) is 0 Å². The second kappa shape index (κ2) is 9.58. The zero-order chi connectivity index (χ0) is 21.7. The molecule has 2 aromatic carbocycles. The van der Waals surface area contributed by atoms with E-state index in [2.05, 4.69) is 21.2 Å². The van der Waals surface area contributed by atoms with Crippen molar-refractivity contribution in [3.05, 3.63) is 58.6 Å².